The Morgan fingerprint density at radius 1 is 0.929 bits per heavy atom. The number of para-hydroxylation sites is 1. The summed E-state index contributed by atoms with van der Waals surface area (Å²) in [7, 11) is 0. The monoisotopic (exact) mass is 370 g/mol. The quantitative estimate of drug-likeness (QED) is 0.429. The summed E-state index contributed by atoms with van der Waals surface area (Å²) in [5, 5.41) is 10.9. The van der Waals surface area contributed by atoms with Crippen molar-refractivity contribution in [2.75, 3.05) is 4.90 Å². The Bertz CT molecular complexity index is 1060. The van der Waals surface area contributed by atoms with Gasteiger partial charge in [0.1, 0.15) is 5.69 Å². The number of hydrogen-bond donors (Lipinski definition) is 1. The number of aliphatic hydroxyl groups is 1. The Balaban J connectivity index is 1.95. The van der Waals surface area contributed by atoms with Crippen LogP contribution in [0.1, 0.15) is 22.9 Å². The van der Waals surface area contributed by atoms with Crippen LogP contribution in [0.4, 0.5) is 5.69 Å². The van der Waals surface area contributed by atoms with Crippen molar-refractivity contribution in [2.24, 2.45) is 0 Å². The van der Waals surface area contributed by atoms with Gasteiger partial charge in [0.05, 0.1) is 11.6 Å². The van der Waals surface area contributed by atoms with Gasteiger partial charge in [0.2, 0.25) is 0 Å². The zero-order chi connectivity index (χ0) is 19.7. The topological polar surface area (TPSA) is 70.5 Å². The summed E-state index contributed by atoms with van der Waals surface area (Å²) in [6.45, 7) is 1.96. The number of benzene rings is 2. The number of Topliss-reactive ketones (excluding diaryl/α,β-unsaturated/α-hetero) is 1. The smallest absolute Gasteiger partial charge is 0.300 e. The van der Waals surface area contributed by atoms with Crippen LogP contribution in [-0.4, -0.2) is 21.8 Å². The van der Waals surface area contributed by atoms with Crippen LogP contribution in [-0.2, 0) is 9.59 Å². The Kier molecular flexibility index (Phi) is 4.49. The zero-order valence-electron chi connectivity index (χ0n) is 15.2. The SMILES string of the molecule is Cc1ccc([C@@H]2C(=C(O)c3ccccn3)C(=O)C(=O)N2c2ccccc2)cc1. The molecule has 28 heavy (non-hydrogen) atoms. The maximum Gasteiger partial charge on any atom is 0.300 e. The summed E-state index contributed by atoms with van der Waals surface area (Å²) in [6, 6.07) is 20.9. The highest BCUT2D eigenvalue weighted by molar-refractivity contribution is 6.51. The number of carbonyl (C=O) groups is 2. The molecule has 2 aromatic carbocycles. The van der Waals surface area contributed by atoms with Crippen molar-refractivity contribution in [1.29, 1.82) is 0 Å². The van der Waals surface area contributed by atoms with E-state index in [4.69, 9.17) is 0 Å². The molecule has 0 bridgehead atoms. The Morgan fingerprint density at radius 3 is 2.25 bits per heavy atom. The van der Waals surface area contributed by atoms with Gasteiger partial charge < -0.3 is 5.11 Å². The fourth-order valence-electron chi connectivity index (χ4n) is 3.39. The first-order chi connectivity index (χ1) is 13.6. The van der Waals surface area contributed by atoms with Crippen LogP contribution in [0.15, 0.2) is 84.6 Å². The van der Waals surface area contributed by atoms with Crippen LogP contribution in [0.5, 0.6) is 0 Å². The second kappa shape index (κ2) is 7.12. The number of aryl methyl sites for hydroxylation is 1. The number of ketones is 1. The molecular weight excluding hydrogens is 352 g/mol. The highest BCUT2D eigenvalue weighted by Gasteiger charge is 2.47. The molecule has 0 saturated carbocycles. The van der Waals surface area contributed by atoms with Crippen molar-refractivity contribution < 1.29 is 14.7 Å². The molecule has 1 N–H and O–H groups in total. The lowest BCUT2D eigenvalue weighted by molar-refractivity contribution is -0.132. The average Bonchev–Trinajstić information content (AvgIpc) is 3.00. The number of anilines is 1. The largest absolute Gasteiger partial charge is 0.505 e. The molecule has 0 spiro atoms. The molecule has 1 amide bonds. The number of pyridine rings is 1. The number of nitrogens with zero attached hydrogens (tertiary/aromatic N) is 2. The summed E-state index contributed by atoms with van der Waals surface area (Å²) in [5.74, 6) is -1.67. The van der Waals surface area contributed by atoms with Crippen LogP contribution in [0.25, 0.3) is 5.76 Å². The normalized spacial score (nSPS) is 18.5. The van der Waals surface area contributed by atoms with Gasteiger partial charge in [-0.15, -0.1) is 0 Å². The van der Waals surface area contributed by atoms with Crippen molar-refractivity contribution in [2.45, 2.75) is 13.0 Å². The minimum absolute atomic E-state index is 0.0383. The number of carbonyl (C=O) groups excluding carboxylic acids is 2. The zero-order valence-corrected chi connectivity index (χ0v) is 15.2. The molecule has 5 heteroatoms. The molecule has 1 saturated heterocycles. The number of aromatic nitrogens is 1. The lowest BCUT2D eigenvalue weighted by Gasteiger charge is -2.25. The van der Waals surface area contributed by atoms with E-state index in [0.717, 1.165) is 11.1 Å². The number of rotatable bonds is 3. The molecule has 0 unspecified atom stereocenters. The third-order valence-corrected chi connectivity index (χ3v) is 4.78. The van der Waals surface area contributed by atoms with Gasteiger partial charge in [0.15, 0.2) is 5.76 Å². The summed E-state index contributed by atoms with van der Waals surface area (Å²) in [5.41, 5.74) is 2.69. The van der Waals surface area contributed by atoms with E-state index in [9.17, 15) is 14.7 Å². The molecule has 1 fully saturated rings. The summed E-state index contributed by atoms with van der Waals surface area (Å²) in [6.07, 6.45) is 1.53. The number of hydrogen-bond acceptors (Lipinski definition) is 4. The van der Waals surface area contributed by atoms with Gasteiger partial charge in [-0.3, -0.25) is 19.5 Å². The van der Waals surface area contributed by atoms with E-state index < -0.39 is 17.7 Å². The van der Waals surface area contributed by atoms with Gasteiger partial charge in [0.25, 0.3) is 11.7 Å². The lowest BCUT2D eigenvalue weighted by Crippen LogP contribution is -2.29. The molecule has 138 valence electrons. The highest BCUT2D eigenvalue weighted by Crippen LogP contribution is 2.41. The molecule has 5 nitrogen and oxygen atoms in total. The molecule has 3 aromatic rings. The molecule has 4 rings (SSSR count). The highest BCUT2D eigenvalue weighted by atomic mass is 16.3. The van der Waals surface area contributed by atoms with Crippen molar-refractivity contribution >= 4 is 23.1 Å². The van der Waals surface area contributed by atoms with E-state index in [1.54, 1.807) is 42.5 Å². The van der Waals surface area contributed by atoms with Crippen LogP contribution >= 0.6 is 0 Å². The van der Waals surface area contributed by atoms with Gasteiger partial charge in [-0.1, -0.05) is 54.1 Å². The molecule has 0 radical (unpaired) electrons. The fourth-order valence-corrected chi connectivity index (χ4v) is 3.39. The minimum Gasteiger partial charge on any atom is -0.505 e. The van der Waals surface area contributed by atoms with Gasteiger partial charge in [0, 0.05) is 11.9 Å². The molecule has 0 aliphatic carbocycles. The summed E-state index contributed by atoms with van der Waals surface area (Å²) >= 11 is 0. The standard InChI is InChI=1S/C23H18N2O3/c1-15-10-12-16(13-11-15)20-19(21(26)18-9-5-6-14-24-18)22(27)23(28)25(20)17-7-3-2-4-8-17/h2-14,20,26H,1H3/t20-/m1/s1. The fraction of sp³-hybridized carbons (Fsp3) is 0.0870. The molecule has 1 atom stereocenters. The predicted molar refractivity (Wildman–Crippen MR) is 107 cm³/mol. The molecule has 2 heterocycles. The van der Waals surface area contributed by atoms with Gasteiger partial charge in [-0.05, 0) is 36.8 Å². The maximum absolute atomic E-state index is 12.9. The van der Waals surface area contributed by atoms with Crippen LogP contribution < -0.4 is 4.90 Å². The van der Waals surface area contributed by atoms with Crippen molar-refractivity contribution in [1.82, 2.24) is 4.98 Å². The first-order valence-electron chi connectivity index (χ1n) is 8.92. The second-order valence-electron chi connectivity index (χ2n) is 6.63. The molecule has 1 aromatic heterocycles. The molecule has 1 aliphatic rings. The van der Waals surface area contributed by atoms with E-state index >= 15 is 0 Å². The van der Waals surface area contributed by atoms with Gasteiger partial charge in [-0.2, -0.15) is 0 Å². The van der Waals surface area contributed by atoms with E-state index in [-0.39, 0.29) is 17.0 Å². The third-order valence-electron chi connectivity index (χ3n) is 4.78. The van der Waals surface area contributed by atoms with Crippen LogP contribution in [0.2, 0.25) is 0 Å². The lowest BCUT2D eigenvalue weighted by atomic mass is 9.95. The van der Waals surface area contributed by atoms with Gasteiger partial charge >= 0.3 is 0 Å². The third kappa shape index (κ3) is 2.97. The van der Waals surface area contributed by atoms with Crippen molar-refractivity contribution in [3.05, 3.63) is 101 Å². The van der Waals surface area contributed by atoms with Crippen molar-refractivity contribution in [3.8, 4) is 0 Å². The summed E-state index contributed by atoms with van der Waals surface area (Å²) in [4.78, 5) is 31.4. The second-order valence-corrected chi connectivity index (χ2v) is 6.63. The van der Waals surface area contributed by atoms with E-state index in [0.29, 0.717) is 5.69 Å². The first kappa shape index (κ1) is 17.7. The van der Waals surface area contributed by atoms with Crippen molar-refractivity contribution in [3.63, 3.8) is 0 Å². The van der Waals surface area contributed by atoms with E-state index in [2.05, 4.69) is 4.98 Å². The van der Waals surface area contributed by atoms with E-state index in [1.807, 2.05) is 37.3 Å². The Morgan fingerprint density at radius 2 is 1.61 bits per heavy atom. The Hall–Kier alpha value is -3.73. The number of amides is 1. The molecular formula is C23H18N2O3. The Labute approximate surface area is 162 Å². The van der Waals surface area contributed by atoms with Crippen LogP contribution in [0.3, 0.4) is 0 Å². The van der Waals surface area contributed by atoms with E-state index in [1.165, 1.54) is 11.1 Å². The first-order valence-corrected chi connectivity index (χ1v) is 8.92. The average molecular weight is 370 g/mol. The maximum atomic E-state index is 12.9. The molecule has 1 aliphatic heterocycles. The predicted octanol–water partition coefficient (Wildman–Crippen LogP) is 4.02. The van der Waals surface area contributed by atoms with Crippen LogP contribution in [0, 0.1) is 6.92 Å². The number of aliphatic hydroxyl groups excluding tert-OH is 1. The van der Waals surface area contributed by atoms with Gasteiger partial charge in [-0.25, -0.2) is 0 Å². The minimum atomic E-state index is -0.731. The summed E-state index contributed by atoms with van der Waals surface area (Å²) < 4.78 is 0.